The normalized spacial score (nSPS) is 11.4. The van der Waals surface area contributed by atoms with Crippen LogP contribution in [0.2, 0.25) is 0 Å². The molecule has 0 saturated carbocycles. The molecule has 0 heterocycles. The summed E-state index contributed by atoms with van der Waals surface area (Å²) in [5.41, 5.74) is 4.19. The van der Waals surface area contributed by atoms with Crippen LogP contribution in [0.5, 0.6) is 0 Å². The van der Waals surface area contributed by atoms with Crippen LogP contribution in [0.15, 0.2) is 72.8 Å². The van der Waals surface area contributed by atoms with Crippen molar-refractivity contribution in [3.63, 3.8) is 0 Å². The van der Waals surface area contributed by atoms with Crippen LogP contribution >= 0.6 is 7.82 Å². The van der Waals surface area contributed by atoms with Gasteiger partial charge in [0.25, 0.3) is 0 Å². The molecule has 0 aliphatic heterocycles. The van der Waals surface area contributed by atoms with E-state index in [1.807, 2.05) is 0 Å². The zero-order valence-corrected chi connectivity index (χ0v) is 17.8. The second-order valence-electron chi connectivity index (χ2n) is 5.83. The number of benzene rings is 3. The van der Waals surface area contributed by atoms with E-state index in [1.165, 1.54) is 28.8 Å². The van der Waals surface area contributed by atoms with E-state index in [2.05, 4.69) is 93.6 Å². The molecule has 0 atom stereocenters. The van der Waals surface area contributed by atoms with E-state index in [4.69, 9.17) is 19.2 Å². The second kappa shape index (κ2) is 9.57. The van der Waals surface area contributed by atoms with Crippen LogP contribution in [0.4, 0.5) is 0 Å². The summed E-state index contributed by atoms with van der Waals surface area (Å²) in [6, 6.07) is 26.6. The topological polar surface area (TPSA) is 86.2 Å². The summed E-state index contributed by atoms with van der Waals surface area (Å²) in [7, 11) is -5.39. The summed E-state index contributed by atoms with van der Waals surface area (Å²) < 4.78 is 13.1. The molecule has 6 heteroatoms. The van der Waals surface area contributed by atoms with Gasteiger partial charge in [0, 0.05) is 0 Å². The van der Waals surface area contributed by atoms with Crippen LogP contribution in [0, 0.1) is 20.8 Å². The van der Waals surface area contributed by atoms with Gasteiger partial charge in [-0.1, -0.05) is 0 Å². The zero-order valence-electron chi connectivity index (χ0n) is 15.3. The van der Waals surface area contributed by atoms with E-state index in [0.29, 0.717) is 0 Å². The third-order valence-corrected chi connectivity index (χ3v) is 8.77. The first-order chi connectivity index (χ1) is 12.7. The minimum Gasteiger partial charge on any atom is -0.822 e. The van der Waals surface area contributed by atoms with Gasteiger partial charge in [0.2, 0.25) is 0 Å². The Labute approximate surface area is 166 Å². The van der Waals surface area contributed by atoms with Crippen molar-refractivity contribution in [1.82, 2.24) is 0 Å². The van der Waals surface area contributed by atoms with Crippen LogP contribution in [0.25, 0.3) is 0 Å². The average Bonchev–Trinajstić information content (AvgIpc) is 2.58. The first-order valence-corrected chi connectivity index (χ1v) is 12.0. The average molecular weight is 475 g/mol. The maximum atomic E-state index is 8.55. The molecule has 27 heavy (non-hydrogen) atoms. The molecule has 0 radical (unpaired) electrons. The van der Waals surface area contributed by atoms with E-state index in [1.54, 1.807) is 0 Å². The molecule has 0 fully saturated rings. The quantitative estimate of drug-likeness (QED) is 0.413. The molecule has 4 nitrogen and oxygen atoms in total. The van der Waals surface area contributed by atoms with E-state index in [-0.39, 0.29) is 0 Å². The van der Waals surface area contributed by atoms with Crippen LogP contribution in [0.3, 0.4) is 0 Å². The predicted molar refractivity (Wildman–Crippen MR) is 100 cm³/mol. The van der Waals surface area contributed by atoms with Gasteiger partial charge in [0.15, 0.2) is 0 Å². The summed E-state index contributed by atoms with van der Waals surface area (Å²) in [5, 5.41) is 0. The second-order valence-corrected chi connectivity index (χ2v) is 10.4. The Bertz CT molecular complexity index is 836. The molecule has 0 spiro atoms. The van der Waals surface area contributed by atoms with Crippen molar-refractivity contribution in [1.29, 1.82) is 0 Å². The molecule has 3 aromatic rings. The van der Waals surface area contributed by atoms with Gasteiger partial charge < -0.3 is 19.2 Å². The summed E-state index contributed by atoms with van der Waals surface area (Å²) >= 11 is -1.15. The Morgan fingerprint density at radius 3 is 1.04 bits per heavy atom. The Hall–Kier alpha value is -1.57. The fourth-order valence-electron chi connectivity index (χ4n) is 2.43. The van der Waals surface area contributed by atoms with Crippen molar-refractivity contribution < 1.29 is 36.0 Å². The van der Waals surface area contributed by atoms with Crippen molar-refractivity contribution in [2.45, 2.75) is 20.8 Å². The molecule has 0 amide bonds. The summed E-state index contributed by atoms with van der Waals surface area (Å²) in [6.07, 6.45) is 0. The van der Waals surface area contributed by atoms with E-state index < -0.39 is 24.6 Å². The van der Waals surface area contributed by atoms with Crippen molar-refractivity contribution in [2.24, 2.45) is 0 Å². The van der Waals surface area contributed by atoms with Gasteiger partial charge in [-0.05, 0) is 0 Å². The van der Waals surface area contributed by atoms with E-state index in [0.717, 1.165) is 0 Å². The van der Waals surface area contributed by atoms with Crippen molar-refractivity contribution >= 4 is 19.9 Å². The fraction of sp³-hybridized carbons (Fsp3) is 0.143. The fourth-order valence-corrected chi connectivity index (χ4v) is 7.23. The molecule has 0 aromatic heterocycles. The SMILES string of the molecule is Cc1cccc[c]1[Pd+3]([c]1ccccc1C)[c]1ccccc1C.O=P([O-])([O-])[O-]. The third kappa shape index (κ3) is 6.52. The molecular formula is C21H21O4PPd. The van der Waals surface area contributed by atoms with Crippen molar-refractivity contribution in [3.8, 4) is 0 Å². The Balaban J connectivity index is 0.000000465. The van der Waals surface area contributed by atoms with E-state index >= 15 is 0 Å². The first-order valence-electron chi connectivity index (χ1n) is 8.19. The summed E-state index contributed by atoms with van der Waals surface area (Å²) in [5.74, 6) is 0. The predicted octanol–water partition coefficient (Wildman–Crippen LogP) is 0.682. The van der Waals surface area contributed by atoms with Crippen molar-refractivity contribution in [3.05, 3.63) is 89.5 Å². The minimum atomic E-state index is -5.39. The smallest absolute Gasteiger partial charge is 0.159 e. The van der Waals surface area contributed by atoms with Crippen molar-refractivity contribution in [2.75, 3.05) is 0 Å². The molecule has 0 bridgehead atoms. The molecule has 3 rings (SSSR count). The van der Waals surface area contributed by atoms with Gasteiger partial charge in [0.05, 0.1) is 0 Å². The molecule has 3 aromatic carbocycles. The van der Waals surface area contributed by atoms with Crippen LogP contribution in [-0.2, 0) is 21.3 Å². The summed E-state index contributed by atoms with van der Waals surface area (Å²) in [6.45, 7) is 6.71. The molecule has 0 unspecified atom stereocenters. The van der Waals surface area contributed by atoms with Crippen LogP contribution in [-0.4, -0.2) is 0 Å². The molecular weight excluding hydrogens is 454 g/mol. The van der Waals surface area contributed by atoms with Gasteiger partial charge in [-0.15, -0.1) is 0 Å². The van der Waals surface area contributed by atoms with Gasteiger partial charge >= 0.3 is 139 Å². The number of aryl methyl sites for hydroxylation is 3. The molecule has 0 aliphatic carbocycles. The van der Waals surface area contributed by atoms with Crippen LogP contribution in [0.1, 0.15) is 16.7 Å². The number of hydrogen-bond donors (Lipinski definition) is 0. The van der Waals surface area contributed by atoms with Crippen LogP contribution < -0.4 is 26.8 Å². The first kappa shape index (κ1) is 21.7. The zero-order chi connectivity index (χ0) is 20.0. The molecule has 0 aliphatic rings. The number of phosphoric acid groups is 1. The summed E-state index contributed by atoms with van der Waals surface area (Å²) in [4.78, 5) is 25.6. The van der Waals surface area contributed by atoms with Gasteiger partial charge in [-0.3, -0.25) is 0 Å². The standard InChI is InChI=1S/3C7H7.H3O4P.Pd/c3*1-7-5-3-2-4-6-7;1-5(2,3)4;/h3*2-5H,1H3;(H3,1,2,3,4);/q;;;;+3/p-3. The number of hydrogen-bond acceptors (Lipinski definition) is 4. The molecule has 0 saturated heterocycles. The monoisotopic (exact) mass is 474 g/mol. The Morgan fingerprint density at radius 1 is 0.593 bits per heavy atom. The Morgan fingerprint density at radius 2 is 0.815 bits per heavy atom. The largest absolute Gasteiger partial charge is 0.822 e. The maximum absolute atomic E-state index is 8.55. The minimum absolute atomic E-state index is 1.15. The molecule has 0 N–H and O–H groups in total. The van der Waals surface area contributed by atoms with Gasteiger partial charge in [-0.2, -0.15) is 7.82 Å². The maximum Gasteiger partial charge on any atom is -0.159 e. The molecule has 144 valence electrons. The number of rotatable bonds is 3. The van der Waals surface area contributed by atoms with Gasteiger partial charge in [0.1, 0.15) is 0 Å². The third-order valence-electron chi connectivity index (χ3n) is 3.64. The Kier molecular flexibility index (Phi) is 7.71. The van der Waals surface area contributed by atoms with E-state index in [9.17, 15) is 0 Å². The van der Waals surface area contributed by atoms with Gasteiger partial charge in [-0.25, -0.2) is 0 Å².